The van der Waals surface area contributed by atoms with Crippen molar-refractivity contribution in [2.45, 2.75) is 40.3 Å². The Kier molecular flexibility index (Phi) is 5.62. The van der Waals surface area contributed by atoms with Crippen LogP contribution >= 0.6 is 0 Å². The van der Waals surface area contributed by atoms with E-state index < -0.39 is 6.04 Å². The smallest absolute Gasteiger partial charge is 0.241 e. The summed E-state index contributed by atoms with van der Waals surface area (Å²) in [7, 11) is 0. The summed E-state index contributed by atoms with van der Waals surface area (Å²) in [6, 6.07) is 7.57. The lowest BCUT2D eigenvalue weighted by Gasteiger charge is -2.37. The third kappa shape index (κ3) is 4.73. The van der Waals surface area contributed by atoms with Crippen molar-refractivity contribution in [2.24, 2.45) is 11.1 Å². The molecule has 1 aliphatic heterocycles. The third-order valence-corrected chi connectivity index (χ3v) is 5.02. The van der Waals surface area contributed by atoms with Crippen molar-refractivity contribution in [3.8, 4) is 11.4 Å². The highest BCUT2D eigenvalue weighted by Gasteiger charge is 2.32. The molecule has 27 heavy (non-hydrogen) atoms. The summed E-state index contributed by atoms with van der Waals surface area (Å²) in [5.74, 6) is 1.23. The molecule has 2 aromatic rings. The number of aromatic nitrogens is 2. The number of nitrogens with zero attached hydrogens (tertiary/aromatic N) is 4. The first kappa shape index (κ1) is 19.5. The number of piperazine rings is 1. The molecule has 7 heteroatoms. The molecule has 0 radical (unpaired) electrons. The van der Waals surface area contributed by atoms with E-state index in [2.05, 4.69) is 15.0 Å². The summed E-state index contributed by atoms with van der Waals surface area (Å²) >= 11 is 0. The number of aryl methyl sites for hydroxylation is 1. The van der Waals surface area contributed by atoms with Crippen LogP contribution in [0, 0.1) is 12.3 Å². The SMILES string of the molecule is Cc1ccc(-c2noc(CN3CCN(C(=O)[C@@H](N)C(C)(C)C)CC3)n2)cc1. The molecular weight excluding hydrogens is 342 g/mol. The van der Waals surface area contributed by atoms with Gasteiger partial charge in [-0.2, -0.15) is 4.98 Å². The van der Waals surface area contributed by atoms with Gasteiger partial charge in [0.15, 0.2) is 0 Å². The lowest BCUT2D eigenvalue weighted by Crippen LogP contribution is -2.56. The van der Waals surface area contributed by atoms with Crippen LogP contribution in [0.25, 0.3) is 11.4 Å². The number of nitrogens with two attached hydrogens (primary N) is 1. The van der Waals surface area contributed by atoms with Gasteiger partial charge in [-0.15, -0.1) is 0 Å². The first-order valence-electron chi connectivity index (χ1n) is 9.40. The molecule has 1 aromatic heterocycles. The third-order valence-electron chi connectivity index (χ3n) is 5.02. The molecule has 1 fully saturated rings. The fourth-order valence-corrected chi connectivity index (χ4v) is 3.02. The van der Waals surface area contributed by atoms with E-state index in [4.69, 9.17) is 10.3 Å². The summed E-state index contributed by atoms with van der Waals surface area (Å²) in [5, 5.41) is 4.08. The van der Waals surface area contributed by atoms with E-state index in [0.29, 0.717) is 31.3 Å². The lowest BCUT2D eigenvalue weighted by atomic mass is 9.86. The van der Waals surface area contributed by atoms with Crippen molar-refractivity contribution in [2.75, 3.05) is 26.2 Å². The van der Waals surface area contributed by atoms with Crippen LogP contribution in [0.15, 0.2) is 28.8 Å². The predicted molar refractivity (Wildman–Crippen MR) is 104 cm³/mol. The second kappa shape index (κ2) is 7.78. The predicted octanol–water partition coefficient (Wildman–Crippen LogP) is 2.06. The molecular formula is C20H29N5O2. The minimum atomic E-state index is -0.475. The second-order valence-corrected chi connectivity index (χ2v) is 8.32. The molecule has 1 atom stereocenters. The molecule has 0 spiro atoms. The van der Waals surface area contributed by atoms with Gasteiger partial charge in [0, 0.05) is 31.7 Å². The van der Waals surface area contributed by atoms with Gasteiger partial charge in [0.1, 0.15) is 0 Å². The molecule has 2 heterocycles. The Morgan fingerprint density at radius 2 is 1.81 bits per heavy atom. The molecule has 1 aliphatic rings. The molecule has 146 valence electrons. The number of carbonyl (C=O) groups excluding carboxylic acids is 1. The zero-order valence-corrected chi connectivity index (χ0v) is 16.6. The zero-order chi connectivity index (χ0) is 19.6. The van der Waals surface area contributed by atoms with Gasteiger partial charge in [-0.05, 0) is 12.3 Å². The lowest BCUT2D eigenvalue weighted by molar-refractivity contribution is -0.136. The average molecular weight is 371 g/mol. The van der Waals surface area contributed by atoms with E-state index in [9.17, 15) is 4.79 Å². The quantitative estimate of drug-likeness (QED) is 0.885. The molecule has 1 amide bonds. The Labute approximate surface area is 160 Å². The van der Waals surface area contributed by atoms with Crippen molar-refractivity contribution in [1.29, 1.82) is 0 Å². The number of benzene rings is 1. The van der Waals surface area contributed by atoms with E-state index >= 15 is 0 Å². The van der Waals surface area contributed by atoms with Crippen LogP contribution in [0.4, 0.5) is 0 Å². The minimum absolute atomic E-state index is 0.0293. The number of amides is 1. The highest BCUT2D eigenvalue weighted by molar-refractivity contribution is 5.82. The number of carbonyl (C=O) groups is 1. The highest BCUT2D eigenvalue weighted by Crippen LogP contribution is 2.20. The molecule has 0 aliphatic carbocycles. The van der Waals surface area contributed by atoms with Gasteiger partial charge in [0.2, 0.25) is 17.6 Å². The molecule has 0 unspecified atom stereocenters. The Morgan fingerprint density at radius 1 is 1.19 bits per heavy atom. The van der Waals surface area contributed by atoms with E-state index in [1.165, 1.54) is 5.56 Å². The van der Waals surface area contributed by atoms with E-state index in [-0.39, 0.29) is 11.3 Å². The Balaban J connectivity index is 1.54. The van der Waals surface area contributed by atoms with Crippen molar-refractivity contribution in [3.63, 3.8) is 0 Å². The van der Waals surface area contributed by atoms with Gasteiger partial charge in [0.05, 0.1) is 12.6 Å². The Morgan fingerprint density at radius 3 is 2.41 bits per heavy atom. The van der Waals surface area contributed by atoms with Crippen molar-refractivity contribution in [1.82, 2.24) is 19.9 Å². The van der Waals surface area contributed by atoms with Crippen LogP contribution in [0.2, 0.25) is 0 Å². The number of hydrogen-bond acceptors (Lipinski definition) is 6. The van der Waals surface area contributed by atoms with Crippen LogP contribution < -0.4 is 5.73 Å². The summed E-state index contributed by atoms with van der Waals surface area (Å²) in [4.78, 5) is 21.1. The fraction of sp³-hybridized carbons (Fsp3) is 0.550. The highest BCUT2D eigenvalue weighted by atomic mass is 16.5. The van der Waals surface area contributed by atoms with Gasteiger partial charge in [0.25, 0.3) is 0 Å². The summed E-state index contributed by atoms with van der Waals surface area (Å²) in [5.41, 5.74) is 8.02. The fourth-order valence-electron chi connectivity index (χ4n) is 3.02. The summed E-state index contributed by atoms with van der Waals surface area (Å²) < 4.78 is 5.41. The maximum Gasteiger partial charge on any atom is 0.241 e. The number of hydrogen-bond donors (Lipinski definition) is 1. The Bertz CT molecular complexity index is 770. The molecule has 1 saturated heterocycles. The van der Waals surface area contributed by atoms with Crippen molar-refractivity contribution >= 4 is 5.91 Å². The maximum atomic E-state index is 12.5. The monoisotopic (exact) mass is 371 g/mol. The van der Waals surface area contributed by atoms with Crippen LogP contribution in [0.3, 0.4) is 0 Å². The van der Waals surface area contributed by atoms with Gasteiger partial charge >= 0.3 is 0 Å². The summed E-state index contributed by atoms with van der Waals surface area (Å²) in [6.45, 7) is 11.5. The van der Waals surface area contributed by atoms with Crippen LogP contribution in [-0.4, -0.2) is 58.1 Å². The van der Waals surface area contributed by atoms with Crippen LogP contribution in [0.1, 0.15) is 32.2 Å². The van der Waals surface area contributed by atoms with Gasteiger partial charge < -0.3 is 15.2 Å². The minimum Gasteiger partial charge on any atom is -0.339 e. The summed E-state index contributed by atoms with van der Waals surface area (Å²) in [6.07, 6.45) is 0. The molecule has 1 aromatic carbocycles. The van der Waals surface area contributed by atoms with E-state index in [0.717, 1.165) is 18.7 Å². The standard InChI is InChI=1S/C20H29N5O2/c1-14-5-7-15(8-6-14)18-22-16(27-23-18)13-24-9-11-25(12-10-24)19(26)17(21)20(2,3)4/h5-8,17H,9-13,21H2,1-4H3/t17-/m1/s1. The second-order valence-electron chi connectivity index (χ2n) is 8.32. The topological polar surface area (TPSA) is 88.5 Å². The van der Waals surface area contributed by atoms with Crippen molar-refractivity contribution in [3.05, 3.63) is 35.7 Å². The number of rotatable bonds is 4. The average Bonchev–Trinajstić information content (AvgIpc) is 3.09. The molecule has 0 bridgehead atoms. The molecule has 3 rings (SSSR count). The first-order valence-corrected chi connectivity index (χ1v) is 9.40. The van der Waals surface area contributed by atoms with Gasteiger partial charge in [-0.25, -0.2) is 0 Å². The van der Waals surface area contributed by atoms with Crippen LogP contribution in [-0.2, 0) is 11.3 Å². The zero-order valence-electron chi connectivity index (χ0n) is 16.6. The Hall–Kier alpha value is -2.25. The molecule has 2 N–H and O–H groups in total. The maximum absolute atomic E-state index is 12.5. The molecule has 7 nitrogen and oxygen atoms in total. The molecule has 0 saturated carbocycles. The normalized spacial score (nSPS) is 17.1. The van der Waals surface area contributed by atoms with E-state index in [1.54, 1.807) is 0 Å². The van der Waals surface area contributed by atoms with Gasteiger partial charge in [-0.3, -0.25) is 9.69 Å². The largest absolute Gasteiger partial charge is 0.339 e. The van der Waals surface area contributed by atoms with Crippen molar-refractivity contribution < 1.29 is 9.32 Å². The van der Waals surface area contributed by atoms with Crippen LogP contribution in [0.5, 0.6) is 0 Å². The van der Waals surface area contributed by atoms with Gasteiger partial charge in [-0.1, -0.05) is 55.8 Å². The van der Waals surface area contributed by atoms with E-state index in [1.807, 2.05) is 56.9 Å². The first-order chi connectivity index (χ1) is 12.7.